The Kier molecular flexibility index (Phi) is 4.47. The number of anilines is 2. The van der Waals surface area contributed by atoms with Gasteiger partial charge < -0.3 is 5.32 Å². The molecule has 0 amide bonds. The zero-order valence-electron chi connectivity index (χ0n) is 15.0. The number of halogens is 3. The Morgan fingerprint density at radius 1 is 0.786 bits per heavy atom. The number of hydrogen-bond donors (Lipinski definition) is 1. The van der Waals surface area contributed by atoms with E-state index in [2.05, 4.69) is 15.5 Å². The third kappa shape index (κ3) is 3.41. The van der Waals surface area contributed by atoms with Gasteiger partial charge in [-0.2, -0.15) is 13.2 Å². The number of aromatic nitrogens is 2. The Balaban J connectivity index is 1.82. The summed E-state index contributed by atoms with van der Waals surface area (Å²) in [5, 5.41) is 13.3. The molecule has 1 aromatic heterocycles. The SMILES string of the molecule is Cc1ccc(C(F)(F)F)cc1Nc1nnc(-c2ccccc2)c2ccccc12. The molecule has 6 heteroatoms. The molecule has 0 unspecified atom stereocenters. The lowest BCUT2D eigenvalue weighted by molar-refractivity contribution is -0.137. The Bertz CT molecular complexity index is 1140. The van der Waals surface area contributed by atoms with Crippen molar-refractivity contribution >= 4 is 22.3 Å². The summed E-state index contributed by atoms with van der Waals surface area (Å²) in [6.45, 7) is 1.75. The maximum absolute atomic E-state index is 13.1. The number of hydrogen-bond acceptors (Lipinski definition) is 3. The number of nitrogens with one attached hydrogen (secondary N) is 1. The average Bonchev–Trinajstić information content (AvgIpc) is 2.69. The smallest absolute Gasteiger partial charge is 0.338 e. The van der Waals surface area contributed by atoms with Gasteiger partial charge in [0.2, 0.25) is 0 Å². The van der Waals surface area contributed by atoms with Gasteiger partial charge in [-0.3, -0.25) is 0 Å². The molecule has 0 aliphatic rings. The second-order valence-corrected chi connectivity index (χ2v) is 6.46. The van der Waals surface area contributed by atoms with Gasteiger partial charge in [0.15, 0.2) is 5.82 Å². The molecule has 0 saturated heterocycles. The van der Waals surface area contributed by atoms with Gasteiger partial charge >= 0.3 is 6.18 Å². The highest BCUT2D eigenvalue weighted by Gasteiger charge is 2.30. The van der Waals surface area contributed by atoms with E-state index in [1.807, 2.05) is 54.6 Å². The third-order valence-corrected chi connectivity index (χ3v) is 4.55. The van der Waals surface area contributed by atoms with Crippen molar-refractivity contribution in [2.24, 2.45) is 0 Å². The lowest BCUT2D eigenvalue weighted by Gasteiger charge is -2.15. The first kappa shape index (κ1) is 18.0. The van der Waals surface area contributed by atoms with Gasteiger partial charge in [0.05, 0.1) is 5.56 Å². The van der Waals surface area contributed by atoms with E-state index in [0.717, 1.165) is 34.2 Å². The molecule has 0 spiro atoms. The molecule has 3 nitrogen and oxygen atoms in total. The fourth-order valence-corrected chi connectivity index (χ4v) is 3.07. The molecule has 28 heavy (non-hydrogen) atoms. The van der Waals surface area contributed by atoms with Crippen LogP contribution in [0.5, 0.6) is 0 Å². The van der Waals surface area contributed by atoms with Gasteiger partial charge in [0.25, 0.3) is 0 Å². The van der Waals surface area contributed by atoms with Crippen molar-refractivity contribution in [2.75, 3.05) is 5.32 Å². The van der Waals surface area contributed by atoms with E-state index in [9.17, 15) is 13.2 Å². The highest BCUT2D eigenvalue weighted by atomic mass is 19.4. The molecule has 0 radical (unpaired) electrons. The summed E-state index contributed by atoms with van der Waals surface area (Å²) in [6.07, 6.45) is -4.41. The van der Waals surface area contributed by atoms with Gasteiger partial charge in [-0.25, -0.2) is 0 Å². The summed E-state index contributed by atoms with van der Waals surface area (Å²) in [4.78, 5) is 0. The summed E-state index contributed by atoms with van der Waals surface area (Å²) in [6, 6.07) is 20.8. The van der Waals surface area contributed by atoms with Crippen molar-refractivity contribution in [2.45, 2.75) is 13.1 Å². The van der Waals surface area contributed by atoms with E-state index in [4.69, 9.17) is 0 Å². The van der Waals surface area contributed by atoms with Crippen molar-refractivity contribution in [3.63, 3.8) is 0 Å². The van der Waals surface area contributed by atoms with Crippen molar-refractivity contribution in [3.8, 4) is 11.3 Å². The molecular weight excluding hydrogens is 363 g/mol. The Morgan fingerprint density at radius 2 is 1.46 bits per heavy atom. The molecule has 0 aliphatic heterocycles. The predicted octanol–water partition coefficient (Wildman–Crippen LogP) is 6.37. The maximum atomic E-state index is 13.1. The van der Waals surface area contributed by atoms with Gasteiger partial charge in [-0.05, 0) is 24.6 Å². The second-order valence-electron chi connectivity index (χ2n) is 6.46. The first-order valence-electron chi connectivity index (χ1n) is 8.69. The molecule has 140 valence electrons. The second kappa shape index (κ2) is 6.96. The Morgan fingerprint density at radius 3 is 2.18 bits per heavy atom. The quantitative estimate of drug-likeness (QED) is 0.450. The largest absolute Gasteiger partial charge is 0.416 e. The molecule has 0 bridgehead atoms. The molecule has 0 atom stereocenters. The molecule has 0 fully saturated rings. The summed E-state index contributed by atoms with van der Waals surface area (Å²) >= 11 is 0. The summed E-state index contributed by atoms with van der Waals surface area (Å²) in [5.74, 6) is 0.415. The summed E-state index contributed by atoms with van der Waals surface area (Å²) in [5.41, 5.74) is 1.97. The van der Waals surface area contributed by atoms with E-state index < -0.39 is 11.7 Å². The van der Waals surface area contributed by atoms with Crippen molar-refractivity contribution in [1.29, 1.82) is 0 Å². The van der Waals surface area contributed by atoms with Crippen LogP contribution in [0.2, 0.25) is 0 Å². The fraction of sp³-hybridized carbons (Fsp3) is 0.0909. The fourth-order valence-electron chi connectivity index (χ4n) is 3.07. The van der Waals surface area contributed by atoms with E-state index in [-0.39, 0.29) is 0 Å². The minimum atomic E-state index is -4.41. The minimum absolute atomic E-state index is 0.349. The average molecular weight is 379 g/mol. The summed E-state index contributed by atoms with van der Waals surface area (Å²) < 4.78 is 39.2. The number of nitrogens with zero attached hydrogens (tertiary/aromatic N) is 2. The Labute approximate surface area is 159 Å². The third-order valence-electron chi connectivity index (χ3n) is 4.55. The first-order valence-corrected chi connectivity index (χ1v) is 8.69. The van der Waals surface area contributed by atoms with Crippen molar-refractivity contribution < 1.29 is 13.2 Å². The Hall–Kier alpha value is -3.41. The van der Waals surface area contributed by atoms with Crippen LogP contribution in [0.4, 0.5) is 24.7 Å². The van der Waals surface area contributed by atoms with E-state index >= 15 is 0 Å². The van der Waals surface area contributed by atoms with Crippen LogP contribution < -0.4 is 5.32 Å². The predicted molar refractivity (Wildman–Crippen MR) is 104 cm³/mol. The topological polar surface area (TPSA) is 37.8 Å². The molecule has 4 rings (SSSR count). The van der Waals surface area contributed by atoms with Crippen molar-refractivity contribution in [3.05, 3.63) is 83.9 Å². The van der Waals surface area contributed by atoms with Crippen LogP contribution in [-0.2, 0) is 6.18 Å². The van der Waals surface area contributed by atoms with E-state index in [0.29, 0.717) is 17.1 Å². The lowest BCUT2D eigenvalue weighted by atomic mass is 10.0. The first-order chi connectivity index (χ1) is 13.4. The molecule has 3 aromatic carbocycles. The van der Waals surface area contributed by atoms with Gasteiger partial charge in [0, 0.05) is 22.0 Å². The molecule has 1 N–H and O–H groups in total. The van der Waals surface area contributed by atoms with Crippen LogP contribution in [0.3, 0.4) is 0 Å². The highest BCUT2D eigenvalue weighted by molar-refractivity contribution is 6.00. The van der Waals surface area contributed by atoms with Gasteiger partial charge in [-0.15, -0.1) is 10.2 Å². The van der Waals surface area contributed by atoms with Gasteiger partial charge in [-0.1, -0.05) is 60.7 Å². The normalized spacial score (nSPS) is 11.6. The molecule has 4 aromatic rings. The highest BCUT2D eigenvalue weighted by Crippen LogP contribution is 2.35. The van der Waals surface area contributed by atoms with E-state index in [1.54, 1.807) is 6.92 Å². The van der Waals surface area contributed by atoms with Crippen LogP contribution in [0.1, 0.15) is 11.1 Å². The monoisotopic (exact) mass is 379 g/mol. The maximum Gasteiger partial charge on any atom is 0.416 e. The van der Waals surface area contributed by atoms with E-state index in [1.165, 1.54) is 6.07 Å². The zero-order chi connectivity index (χ0) is 19.7. The zero-order valence-corrected chi connectivity index (χ0v) is 15.0. The molecule has 1 heterocycles. The van der Waals surface area contributed by atoms with Crippen LogP contribution in [0.25, 0.3) is 22.0 Å². The van der Waals surface area contributed by atoms with Crippen LogP contribution in [0, 0.1) is 6.92 Å². The molecular formula is C22H16F3N3. The minimum Gasteiger partial charge on any atom is -0.338 e. The number of benzene rings is 3. The van der Waals surface area contributed by atoms with Gasteiger partial charge in [0.1, 0.15) is 5.69 Å². The van der Waals surface area contributed by atoms with Crippen LogP contribution in [0.15, 0.2) is 72.8 Å². The molecule has 0 saturated carbocycles. The number of alkyl halides is 3. The standard InChI is InChI=1S/C22H16F3N3/c1-14-11-12-16(22(23,24)25)13-19(14)26-21-18-10-6-5-9-17(18)20(27-28-21)15-7-3-2-4-8-15/h2-13H,1H3,(H,26,28). The number of rotatable bonds is 3. The summed E-state index contributed by atoms with van der Waals surface area (Å²) in [7, 11) is 0. The number of aryl methyl sites for hydroxylation is 1. The van der Waals surface area contributed by atoms with Crippen LogP contribution in [-0.4, -0.2) is 10.2 Å². The number of fused-ring (bicyclic) bond motifs is 1. The molecule has 0 aliphatic carbocycles. The van der Waals surface area contributed by atoms with Crippen molar-refractivity contribution in [1.82, 2.24) is 10.2 Å². The lowest BCUT2D eigenvalue weighted by Crippen LogP contribution is -2.07. The van der Waals surface area contributed by atoms with Crippen LogP contribution >= 0.6 is 0 Å².